The van der Waals surface area contributed by atoms with E-state index in [1.165, 1.54) is 6.39 Å². The van der Waals surface area contributed by atoms with E-state index in [-0.39, 0.29) is 11.4 Å². The van der Waals surface area contributed by atoms with Crippen LogP contribution in [-0.2, 0) is 0 Å². The molecule has 26 heavy (non-hydrogen) atoms. The summed E-state index contributed by atoms with van der Waals surface area (Å²) in [5, 5.41) is 12.5. The average molecular weight is 349 g/mol. The lowest BCUT2D eigenvalue weighted by Crippen LogP contribution is -2.09. The Kier molecular flexibility index (Phi) is 5.04. The number of ether oxygens (including phenoxy) is 1. The molecule has 0 spiro atoms. The molecule has 0 aliphatic rings. The molecule has 0 saturated carbocycles. The molecule has 132 valence electrons. The maximum absolute atomic E-state index is 9.28. The van der Waals surface area contributed by atoms with E-state index in [4.69, 9.17) is 14.9 Å². The molecule has 3 N–H and O–H groups in total. The van der Waals surface area contributed by atoms with Gasteiger partial charge in [0.2, 0.25) is 5.88 Å². The average Bonchev–Trinajstić information content (AvgIpc) is 3.15. The van der Waals surface area contributed by atoms with Gasteiger partial charge in [0.05, 0.1) is 18.5 Å². The largest absolute Gasteiger partial charge is 0.476 e. The fraction of sp³-hybridized carbons (Fsp3) is 0.211. The molecule has 2 aromatic heterocycles. The first kappa shape index (κ1) is 17.3. The maximum Gasteiger partial charge on any atom is 0.235 e. The van der Waals surface area contributed by atoms with Crippen LogP contribution in [0.15, 0.2) is 47.3 Å². The number of benzene rings is 1. The summed E-state index contributed by atoms with van der Waals surface area (Å²) in [4.78, 5) is 8.29. The fourth-order valence-corrected chi connectivity index (χ4v) is 2.29. The van der Waals surface area contributed by atoms with E-state index in [1.807, 2.05) is 44.2 Å². The first-order chi connectivity index (χ1) is 12.6. The van der Waals surface area contributed by atoms with Gasteiger partial charge in [-0.3, -0.25) is 0 Å². The van der Waals surface area contributed by atoms with Crippen molar-refractivity contribution < 1.29 is 9.15 Å². The first-order valence-electron chi connectivity index (χ1n) is 8.16. The second kappa shape index (κ2) is 7.57. The topological polar surface area (TPSA) is 110 Å². The molecule has 0 atom stereocenters. The Labute approximate surface area is 151 Å². The molecule has 0 radical (unpaired) electrons. The molecule has 0 aliphatic heterocycles. The van der Waals surface area contributed by atoms with Gasteiger partial charge in [-0.1, -0.05) is 13.8 Å². The number of hydrogen-bond acceptors (Lipinski definition) is 7. The summed E-state index contributed by atoms with van der Waals surface area (Å²) >= 11 is 0. The van der Waals surface area contributed by atoms with E-state index in [2.05, 4.69) is 15.3 Å². The van der Waals surface area contributed by atoms with Crippen molar-refractivity contribution in [3.63, 3.8) is 0 Å². The van der Waals surface area contributed by atoms with Crippen LogP contribution in [0.5, 0.6) is 5.88 Å². The number of nitrogen functional groups attached to an aromatic ring is 1. The molecule has 0 bridgehead atoms. The predicted octanol–water partition coefficient (Wildman–Crippen LogP) is 3.97. The molecular formula is C19H19N5O2. The van der Waals surface area contributed by atoms with Crippen LogP contribution in [0.3, 0.4) is 0 Å². The summed E-state index contributed by atoms with van der Waals surface area (Å²) in [6.45, 7) is 4.50. The summed E-state index contributed by atoms with van der Waals surface area (Å²) < 4.78 is 10.9. The molecule has 0 fully saturated rings. The van der Waals surface area contributed by atoms with Crippen molar-refractivity contribution in [3.05, 3.63) is 48.5 Å². The van der Waals surface area contributed by atoms with Crippen molar-refractivity contribution in [2.75, 3.05) is 17.7 Å². The van der Waals surface area contributed by atoms with Gasteiger partial charge < -0.3 is 20.2 Å². The van der Waals surface area contributed by atoms with Crippen LogP contribution in [0, 0.1) is 17.2 Å². The third kappa shape index (κ3) is 3.92. The third-order valence-corrected chi connectivity index (χ3v) is 3.56. The monoisotopic (exact) mass is 349 g/mol. The minimum Gasteiger partial charge on any atom is -0.476 e. The van der Waals surface area contributed by atoms with Gasteiger partial charge in [0.1, 0.15) is 17.5 Å². The van der Waals surface area contributed by atoms with Crippen LogP contribution in [0.1, 0.15) is 19.4 Å². The van der Waals surface area contributed by atoms with E-state index in [9.17, 15) is 5.26 Å². The Balaban J connectivity index is 1.82. The van der Waals surface area contributed by atoms with Crippen molar-refractivity contribution in [2.24, 2.45) is 5.92 Å². The summed E-state index contributed by atoms with van der Waals surface area (Å²) in [6, 6.07) is 11.3. The molecule has 7 nitrogen and oxygen atoms in total. The second-order valence-corrected chi connectivity index (χ2v) is 6.16. The van der Waals surface area contributed by atoms with Crippen molar-refractivity contribution in [1.82, 2.24) is 9.97 Å². The normalized spacial score (nSPS) is 10.5. The van der Waals surface area contributed by atoms with Gasteiger partial charge in [-0.2, -0.15) is 10.2 Å². The quantitative estimate of drug-likeness (QED) is 0.692. The molecular weight excluding hydrogens is 330 g/mol. The smallest absolute Gasteiger partial charge is 0.235 e. The van der Waals surface area contributed by atoms with E-state index in [0.717, 1.165) is 11.3 Å². The van der Waals surface area contributed by atoms with Crippen molar-refractivity contribution in [2.45, 2.75) is 13.8 Å². The summed E-state index contributed by atoms with van der Waals surface area (Å²) in [5.41, 5.74) is 8.28. The molecule has 0 unspecified atom stereocenters. The van der Waals surface area contributed by atoms with Gasteiger partial charge in [-0.15, -0.1) is 0 Å². The Hall–Kier alpha value is -3.53. The predicted molar refractivity (Wildman–Crippen MR) is 98.9 cm³/mol. The fourth-order valence-electron chi connectivity index (χ4n) is 2.29. The standard InChI is InChI=1S/C19H19N5O2/c1-12(2)10-25-19-15(8-20)16(21)7-18(24-19)23-14-5-3-13(4-6-14)17-9-22-11-26-17/h3-7,9,11-12H,10H2,1-2H3,(H3,21,23,24). The number of anilines is 3. The molecule has 3 rings (SSSR count). The first-order valence-corrected chi connectivity index (χ1v) is 8.16. The molecule has 1 aromatic carbocycles. The summed E-state index contributed by atoms with van der Waals surface area (Å²) in [7, 11) is 0. The van der Waals surface area contributed by atoms with Crippen LogP contribution < -0.4 is 15.8 Å². The summed E-state index contributed by atoms with van der Waals surface area (Å²) in [5.74, 6) is 1.75. The molecule has 0 saturated heterocycles. The zero-order valence-corrected chi connectivity index (χ0v) is 14.6. The lowest BCUT2D eigenvalue weighted by Gasteiger charge is -2.13. The molecule has 0 amide bonds. The molecule has 0 aliphatic carbocycles. The van der Waals surface area contributed by atoms with Crippen LogP contribution in [0.25, 0.3) is 11.3 Å². The number of nitrogens with one attached hydrogen (secondary N) is 1. The van der Waals surface area contributed by atoms with Gasteiger partial charge in [-0.05, 0) is 30.2 Å². The van der Waals surface area contributed by atoms with Gasteiger partial charge in [0.15, 0.2) is 12.2 Å². The highest BCUT2D eigenvalue weighted by molar-refractivity contribution is 5.69. The van der Waals surface area contributed by atoms with E-state index >= 15 is 0 Å². The van der Waals surface area contributed by atoms with E-state index < -0.39 is 0 Å². The lowest BCUT2D eigenvalue weighted by molar-refractivity contribution is 0.261. The van der Waals surface area contributed by atoms with E-state index in [0.29, 0.717) is 29.8 Å². The van der Waals surface area contributed by atoms with Crippen LogP contribution in [-0.4, -0.2) is 16.6 Å². The SMILES string of the molecule is CC(C)COc1nc(Nc2ccc(-c3cnco3)cc2)cc(N)c1C#N. The van der Waals surface area contributed by atoms with Crippen LogP contribution >= 0.6 is 0 Å². The van der Waals surface area contributed by atoms with Crippen LogP contribution in [0.2, 0.25) is 0 Å². The molecule has 3 aromatic rings. The van der Waals surface area contributed by atoms with Gasteiger partial charge >= 0.3 is 0 Å². The van der Waals surface area contributed by atoms with Gasteiger partial charge in [-0.25, -0.2) is 4.98 Å². The number of aromatic nitrogens is 2. The highest BCUT2D eigenvalue weighted by atomic mass is 16.5. The number of nitriles is 1. The van der Waals surface area contributed by atoms with Crippen LogP contribution in [0.4, 0.5) is 17.2 Å². The zero-order valence-electron chi connectivity index (χ0n) is 14.6. The second-order valence-electron chi connectivity index (χ2n) is 6.16. The van der Waals surface area contributed by atoms with Crippen molar-refractivity contribution in [1.29, 1.82) is 5.26 Å². The number of rotatable bonds is 6. The highest BCUT2D eigenvalue weighted by Gasteiger charge is 2.13. The summed E-state index contributed by atoms with van der Waals surface area (Å²) in [6.07, 6.45) is 3.05. The Morgan fingerprint density at radius 2 is 2.08 bits per heavy atom. The van der Waals surface area contributed by atoms with Crippen molar-refractivity contribution >= 4 is 17.2 Å². The minimum atomic E-state index is 0.238. The number of nitrogens with two attached hydrogens (primary N) is 1. The number of oxazole rings is 1. The molecule has 2 heterocycles. The Bertz CT molecular complexity index is 912. The third-order valence-electron chi connectivity index (χ3n) is 3.56. The van der Waals surface area contributed by atoms with Gasteiger partial charge in [0.25, 0.3) is 0 Å². The molecule has 7 heteroatoms. The van der Waals surface area contributed by atoms with E-state index in [1.54, 1.807) is 12.3 Å². The number of pyridine rings is 1. The maximum atomic E-state index is 9.28. The number of hydrogen-bond donors (Lipinski definition) is 2. The lowest BCUT2D eigenvalue weighted by atomic mass is 10.1. The highest BCUT2D eigenvalue weighted by Crippen LogP contribution is 2.28. The van der Waals surface area contributed by atoms with Crippen molar-refractivity contribution in [3.8, 4) is 23.3 Å². The zero-order chi connectivity index (χ0) is 18.5. The minimum absolute atomic E-state index is 0.238. The number of nitrogens with zero attached hydrogens (tertiary/aromatic N) is 3. The Morgan fingerprint density at radius 1 is 1.31 bits per heavy atom. The Morgan fingerprint density at radius 3 is 2.69 bits per heavy atom. The van der Waals surface area contributed by atoms with Gasteiger partial charge in [0, 0.05) is 17.3 Å².